The second-order valence-corrected chi connectivity index (χ2v) is 8.42. The van der Waals surface area contributed by atoms with E-state index >= 15 is 0 Å². The van der Waals surface area contributed by atoms with E-state index < -0.39 is 0 Å². The fourth-order valence-corrected chi connectivity index (χ4v) is 5.78. The molecule has 0 aliphatic carbocycles. The monoisotopic (exact) mass is 394 g/mol. The van der Waals surface area contributed by atoms with Crippen molar-refractivity contribution in [2.75, 3.05) is 18.5 Å². The Balaban J connectivity index is 1.74. The maximum atomic E-state index is 3.38. The van der Waals surface area contributed by atoms with Crippen LogP contribution in [0.3, 0.4) is 0 Å². The van der Waals surface area contributed by atoms with Crippen LogP contribution >= 0.6 is 23.1 Å². The molecule has 2 heterocycles. The van der Waals surface area contributed by atoms with Crippen LogP contribution in [-0.4, -0.2) is 13.6 Å². The zero-order valence-corrected chi connectivity index (χ0v) is 17.5. The molecule has 1 aliphatic rings. The van der Waals surface area contributed by atoms with Crippen molar-refractivity contribution in [1.82, 2.24) is 5.32 Å². The van der Waals surface area contributed by atoms with E-state index in [9.17, 15) is 0 Å². The number of para-hydroxylation sites is 2. The van der Waals surface area contributed by atoms with Gasteiger partial charge in [0, 0.05) is 36.3 Å². The molecule has 0 amide bonds. The molecule has 0 fully saturated rings. The Morgan fingerprint density at radius 3 is 2.67 bits per heavy atom. The van der Waals surface area contributed by atoms with Crippen LogP contribution in [0.15, 0.2) is 70.2 Å². The number of rotatable bonds is 5. The van der Waals surface area contributed by atoms with E-state index in [1.54, 1.807) is 0 Å². The van der Waals surface area contributed by atoms with Gasteiger partial charge in [-0.1, -0.05) is 47.4 Å². The molecule has 1 aliphatic heterocycles. The second-order valence-electron chi connectivity index (χ2n) is 6.30. The lowest BCUT2D eigenvalue weighted by molar-refractivity contribution is -0.665. The number of thiazole rings is 1. The van der Waals surface area contributed by atoms with Gasteiger partial charge in [-0.15, -0.1) is 0 Å². The van der Waals surface area contributed by atoms with Crippen molar-refractivity contribution < 1.29 is 4.57 Å². The Kier molecular flexibility index (Phi) is 5.23. The fourth-order valence-electron chi connectivity index (χ4n) is 3.43. The molecule has 0 saturated heterocycles. The first-order valence-corrected chi connectivity index (χ1v) is 10.9. The van der Waals surface area contributed by atoms with E-state index in [1.165, 1.54) is 30.8 Å². The molecule has 2 aromatic carbocycles. The van der Waals surface area contributed by atoms with E-state index in [-0.39, 0.29) is 0 Å². The minimum Gasteiger partial charge on any atom is -0.388 e. The van der Waals surface area contributed by atoms with Crippen molar-refractivity contribution in [2.45, 2.75) is 25.3 Å². The molecule has 0 saturated carbocycles. The predicted octanol–water partition coefficient (Wildman–Crippen LogP) is 5.24. The molecule has 5 heteroatoms. The number of aryl methyl sites for hydroxylation is 1. The molecule has 3 nitrogen and oxygen atoms in total. The number of likely N-dealkylation sites (N-methyl/N-ethyl adjacent to an activating group) is 1. The van der Waals surface area contributed by atoms with Gasteiger partial charge in [-0.2, -0.15) is 4.57 Å². The minimum atomic E-state index is 0.963. The van der Waals surface area contributed by atoms with Gasteiger partial charge in [-0.3, -0.25) is 0 Å². The van der Waals surface area contributed by atoms with Crippen molar-refractivity contribution in [1.29, 1.82) is 0 Å². The predicted molar refractivity (Wildman–Crippen MR) is 118 cm³/mol. The van der Waals surface area contributed by atoms with Crippen molar-refractivity contribution in [3.63, 3.8) is 0 Å². The summed E-state index contributed by atoms with van der Waals surface area (Å²) < 4.78 is 3.70. The number of aromatic nitrogens is 1. The summed E-state index contributed by atoms with van der Waals surface area (Å²) in [5.41, 5.74) is 3.73. The van der Waals surface area contributed by atoms with Gasteiger partial charge in [0.2, 0.25) is 5.52 Å². The van der Waals surface area contributed by atoms with Crippen LogP contribution in [0.25, 0.3) is 16.3 Å². The van der Waals surface area contributed by atoms with Crippen LogP contribution in [0.1, 0.15) is 18.9 Å². The zero-order chi connectivity index (χ0) is 18.8. The van der Waals surface area contributed by atoms with Gasteiger partial charge in [-0.25, -0.2) is 0 Å². The topological polar surface area (TPSA) is 19.1 Å². The third-order valence-corrected chi connectivity index (χ3v) is 6.98. The average Bonchev–Trinajstić information content (AvgIpc) is 3.23. The van der Waals surface area contributed by atoms with Crippen molar-refractivity contribution in [3.8, 4) is 0 Å². The zero-order valence-electron chi connectivity index (χ0n) is 15.9. The Hall–Kier alpha value is -2.24. The van der Waals surface area contributed by atoms with E-state index in [4.69, 9.17) is 0 Å². The highest BCUT2D eigenvalue weighted by Crippen LogP contribution is 2.45. The van der Waals surface area contributed by atoms with Crippen LogP contribution in [0.2, 0.25) is 0 Å². The second kappa shape index (κ2) is 7.79. The normalized spacial score (nSPS) is 15.6. The fraction of sp³-hybridized carbons (Fsp3) is 0.227. The smallest absolute Gasteiger partial charge is 0.264 e. The highest BCUT2D eigenvalue weighted by Gasteiger charge is 2.24. The summed E-state index contributed by atoms with van der Waals surface area (Å²) in [5.74, 6) is 0. The molecule has 1 N–H and O–H groups in total. The highest BCUT2D eigenvalue weighted by molar-refractivity contribution is 8.03. The largest absolute Gasteiger partial charge is 0.388 e. The first kappa shape index (κ1) is 18.1. The van der Waals surface area contributed by atoms with Gasteiger partial charge in [0.15, 0.2) is 0 Å². The number of nitrogens with zero attached hydrogens (tertiary/aromatic N) is 2. The summed E-state index contributed by atoms with van der Waals surface area (Å²) in [5, 5.41) is 5.92. The molecular weight excluding hydrogens is 370 g/mol. The van der Waals surface area contributed by atoms with E-state index in [0.29, 0.717) is 0 Å². The van der Waals surface area contributed by atoms with Crippen LogP contribution < -0.4 is 14.8 Å². The number of fused-ring (bicyclic) bond motifs is 2. The van der Waals surface area contributed by atoms with Crippen LogP contribution in [0.4, 0.5) is 5.69 Å². The van der Waals surface area contributed by atoms with Gasteiger partial charge in [0.25, 0.3) is 5.01 Å². The lowest BCUT2D eigenvalue weighted by Crippen LogP contribution is -2.33. The molecule has 0 atom stereocenters. The molecule has 0 radical (unpaired) electrons. The highest BCUT2D eigenvalue weighted by atomic mass is 32.2. The number of allylic oxidation sites excluding steroid dienone is 1. The van der Waals surface area contributed by atoms with E-state index in [2.05, 4.69) is 89.3 Å². The molecule has 138 valence electrons. The third-order valence-electron chi connectivity index (χ3n) is 4.75. The lowest BCUT2D eigenvalue weighted by atomic mass is 10.3. The Bertz CT molecular complexity index is 1030. The Morgan fingerprint density at radius 2 is 1.89 bits per heavy atom. The van der Waals surface area contributed by atoms with E-state index in [1.807, 2.05) is 30.1 Å². The number of benzene rings is 2. The molecule has 0 spiro atoms. The minimum absolute atomic E-state index is 0.963. The standard InChI is InChI=1S/C22H23N3S2/c1-4-24-17-10-6-8-12-19(17)26-21(24)14-16(23-3)15-22-25(5-2)18-11-7-9-13-20(18)27-22/h6-15H,4-5H2,1-3H3/p+1/b21-14-. The van der Waals surface area contributed by atoms with Crippen LogP contribution in [0, 0.1) is 0 Å². The summed E-state index contributed by atoms with van der Waals surface area (Å²) in [4.78, 5) is 3.70. The summed E-state index contributed by atoms with van der Waals surface area (Å²) in [6, 6.07) is 17.2. The molecule has 27 heavy (non-hydrogen) atoms. The molecular formula is C22H24N3S2+. The molecule has 0 bridgehead atoms. The summed E-state index contributed by atoms with van der Waals surface area (Å²) in [7, 11) is 2.00. The first-order valence-electron chi connectivity index (χ1n) is 9.32. The number of anilines is 1. The van der Waals surface area contributed by atoms with Crippen molar-refractivity contribution in [3.05, 3.63) is 70.3 Å². The number of nitrogens with one attached hydrogen (secondary N) is 1. The molecule has 0 unspecified atom stereocenters. The number of hydrogen-bond acceptors (Lipinski definition) is 4. The van der Waals surface area contributed by atoms with Gasteiger partial charge in [0.1, 0.15) is 11.2 Å². The summed E-state index contributed by atoms with van der Waals surface area (Å²) in [6.45, 7) is 6.34. The quantitative estimate of drug-likeness (QED) is 0.597. The molecule has 3 aromatic rings. The molecule has 4 rings (SSSR count). The average molecular weight is 395 g/mol. The third kappa shape index (κ3) is 3.37. The van der Waals surface area contributed by atoms with Crippen molar-refractivity contribution in [2.24, 2.45) is 0 Å². The number of thioether (sulfide) groups is 1. The van der Waals surface area contributed by atoms with Crippen molar-refractivity contribution >= 4 is 45.1 Å². The van der Waals surface area contributed by atoms with E-state index in [0.717, 1.165) is 18.8 Å². The summed E-state index contributed by atoms with van der Waals surface area (Å²) in [6.07, 6.45) is 4.52. The summed E-state index contributed by atoms with van der Waals surface area (Å²) >= 11 is 3.68. The maximum Gasteiger partial charge on any atom is 0.264 e. The maximum absolute atomic E-state index is 3.38. The van der Waals surface area contributed by atoms with Gasteiger partial charge < -0.3 is 10.2 Å². The first-order chi connectivity index (χ1) is 13.2. The molecule has 1 aromatic heterocycles. The van der Waals surface area contributed by atoms with Crippen LogP contribution in [0.5, 0.6) is 0 Å². The van der Waals surface area contributed by atoms with Gasteiger partial charge >= 0.3 is 0 Å². The Labute approximate surface area is 169 Å². The van der Waals surface area contributed by atoms with Gasteiger partial charge in [-0.05, 0) is 38.1 Å². The number of hydrogen-bond donors (Lipinski definition) is 1. The lowest BCUT2D eigenvalue weighted by Gasteiger charge is -2.18. The van der Waals surface area contributed by atoms with Crippen LogP contribution in [-0.2, 0) is 6.54 Å². The Morgan fingerprint density at radius 1 is 1.11 bits per heavy atom. The SMILES string of the molecule is CCN1/C(=C/C(=C/c2sc3ccccc3[n+]2CC)NC)Sc2ccccc21. The van der Waals surface area contributed by atoms with Gasteiger partial charge in [0.05, 0.1) is 10.7 Å².